The van der Waals surface area contributed by atoms with Crippen molar-refractivity contribution in [2.24, 2.45) is 5.41 Å². The van der Waals surface area contributed by atoms with Gasteiger partial charge in [-0.05, 0) is 19.8 Å². The fourth-order valence-electron chi connectivity index (χ4n) is 0.549. The maximum Gasteiger partial charge on any atom is 0.141 e. The number of unbranched alkanes of at least 4 members (excludes halogenated alkanes) is 1. The Bertz CT molecular complexity index is 157. The van der Waals surface area contributed by atoms with Crippen LogP contribution >= 0.6 is 0 Å². The third-order valence-corrected chi connectivity index (χ3v) is 1.33. The summed E-state index contributed by atoms with van der Waals surface area (Å²) >= 11 is 0. The Hall–Kier alpha value is -1.02. The topological polar surface area (TPSA) is 47.6 Å². The molecule has 0 unspecified atom stereocenters. The Morgan fingerprint density at radius 1 is 1.40 bits per heavy atom. The van der Waals surface area contributed by atoms with E-state index < -0.39 is 5.41 Å². The van der Waals surface area contributed by atoms with Crippen LogP contribution in [0.1, 0.15) is 26.7 Å². The first-order valence-corrected chi connectivity index (χ1v) is 3.32. The minimum Gasteiger partial charge on any atom is -0.197 e. The van der Waals surface area contributed by atoms with Gasteiger partial charge in [-0.3, -0.25) is 0 Å². The van der Waals surface area contributed by atoms with E-state index in [1.807, 2.05) is 25.5 Å². The molecule has 0 N–H and O–H groups in total. The fraction of sp³-hybridized carbons (Fsp3) is 0.625. The third-order valence-electron chi connectivity index (χ3n) is 1.33. The van der Waals surface area contributed by atoms with Gasteiger partial charge in [0, 0.05) is 0 Å². The summed E-state index contributed by atoms with van der Waals surface area (Å²) in [7, 11) is 0. The summed E-state index contributed by atoms with van der Waals surface area (Å²) in [4.78, 5) is 0. The van der Waals surface area contributed by atoms with Crippen molar-refractivity contribution in [2.75, 3.05) is 0 Å². The first-order valence-electron chi connectivity index (χ1n) is 3.32. The van der Waals surface area contributed by atoms with Gasteiger partial charge in [-0.2, -0.15) is 10.5 Å². The van der Waals surface area contributed by atoms with E-state index in [0.717, 1.165) is 6.42 Å². The summed E-state index contributed by atoms with van der Waals surface area (Å²) in [5.41, 5.74) is -0.810. The summed E-state index contributed by atoms with van der Waals surface area (Å²) in [5.74, 6) is 0. The first kappa shape index (κ1) is 8.98. The van der Waals surface area contributed by atoms with Crippen LogP contribution in [0.3, 0.4) is 0 Å². The van der Waals surface area contributed by atoms with Crippen LogP contribution in [0.15, 0.2) is 0 Å². The number of nitrogens with zero attached hydrogens (tertiary/aromatic N) is 2. The van der Waals surface area contributed by atoms with E-state index in [-0.39, 0.29) is 0 Å². The maximum absolute atomic E-state index is 8.52. The first-order chi connectivity index (χ1) is 4.68. The molecule has 0 bridgehead atoms. The largest absolute Gasteiger partial charge is 0.197 e. The molecule has 0 aromatic carbocycles. The SMILES string of the molecule is CC[CH]CC(C)(C#N)C#N. The molecule has 0 atom stereocenters. The fourth-order valence-corrected chi connectivity index (χ4v) is 0.549. The molecule has 0 aliphatic rings. The number of hydrogen-bond acceptors (Lipinski definition) is 2. The number of nitriles is 2. The van der Waals surface area contributed by atoms with Crippen LogP contribution in [0.25, 0.3) is 0 Å². The molecule has 10 heavy (non-hydrogen) atoms. The zero-order chi connectivity index (χ0) is 8.04. The molecule has 0 aliphatic heterocycles. The van der Waals surface area contributed by atoms with Crippen molar-refractivity contribution in [1.29, 1.82) is 10.5 Å². The molecule has 0 heterocycles. The maximum atomic E-state index is 8.52. The molecular weight excluding hydrogens is 124 g/mol. The highest BCUT2D eigenvalue weighted by Gasteiger charge is 2.21. The molecule has 0 saturated carbocycles. The summed E-state index contributed by atoms with van der Waals surface area (Å²) in [6.45, 7) is 3.65. The lowest BCUT2D eigenvalue weighted by Crippen LogP contribution is -2.09. The number of rotatable bonds is 3. The standard InChI is InChI=1S/C8H11N2/c1-3-4-5-8(2,6-9)7-10/h4H,3,5H2,1-2H3. The molecular formula is C8H11N2. The molecule has 0 fully saturated rings. The van der Waals surface area contributed by atoms with Crippen LogP contribution in [0.5, 0.6) is 0 Å². The van der Waals surface area contributed by atoms with Crippen LogP contribution in [-0.2, 0) is 0 Å². The molecule has 0 rings (SSSR count). The highest BCUT2D eigenvalue weighted by Crippen LogP contribution is 2.20. The quantitative estimate of drug-likeness (QED) is 0.594. The summed E-state index contributed by atoms with van der Waals surface area (Å²) < 4.78 is 0. The lowest BCUT2D eigenvalue weighted by atomic mass is 9.89. The molecule has 2 nitrogen and oxygen atoms in total. The van der Waals surface area contributed by atoms with Crippen LogP contribution in [0.4, 0.5) is 0 Å². The van der Waals surface area contributed by atoms with Crippen LogP contribution < -0.4 is 0 Å². The van der Waals surface area contributed by atoms with E-state index in [1.54, 1.807) is 6.92 Å². The Morgan fingerprint density at radius 2 is 1.90 bits per heavy atom. The van der Waals surface area contributed by atoms with Gasteiger partial charge in [0.05, 0.1) is 12.1 Å². The zero-order valence-corrected chi connectivity index (χ0v) is 6.39. The van der Waals surface area contributed by atoms with E-state index >= 15 is 0 Å². The van der Waals surface area contributed by atoms with E-state index in [2.05, 4.69) is 0 Å². The minimum absolute atomic E-state index is 0.566. The molecule has 0 aromatic heterocycles. The Labute approximate surface area is 62.1 Å². The highest BCUT2D eigenvalue weighted by molar-refractivity contribution is 5.12. The number of hydrogen-bond donors (Lipinski definition) is 0. The highest BCUT2D eigenvalue weighted by atomic mass is 14.4. The van der Waals surface area contributed by atoms with Gasteiger partial charge in [-0.15, -0.1) is 0 Å². The molecule has 0 saturated heterocycles. The third kappa shape index (κ3) is 2.51. The molecule has 0 amide bonds. The smallest absolute Gasteiger partial charge is 0.141 e. The van der Waals surface area contributed by atoms with Crippen molar-refractivity contribution in [1.82, 2.24) is 0 Å². The van der Waals surface area contributed by atoms with E-state index in [1.165, 1.54) is 0 Å². The zero-order valence-electron chi connectivity index (χ0n) is 6.39. The minimum atomic E-state index is -0.810. The average Bonchev–Trinajstić information content (AvgIpc) is 2.00. The van der Waals surface area contributed by atoms with Crippen molar-refractivity contribution in [3.05, 3.63) is 6.42 Å². The normalized spacial score (nSPS) is 10.0. The summed E-state index contributed by atoms with van der Waals surface area (Å²) in [6, 6.07) is 3.94. The molecule has 0 aliphatic carbocycles. The molecule has 53 valence electrons. The van der Waals surface area contributed by atoms with Gasteiger partial charge in [0.15, 0.2) is 0 Å². The summed E-state index contributed by atoms with van der Waals surface area (Å²) in [6.07, 6.45) is 3.43. The van der Waals surface area contributed by atoms with Crippen molar-refractivity contribution in [2.45, 2.75) is 26.7 Å². The monoisotopic (exact) mass is 135 g/mol. The second-order valence-corrected chi connectivity index (χ2v) is 2.46. The summed E-state index contributed by atoms with van der Waals surface area (Å²) in [5, 5.41) is 17.0. The second kappa shape index (κ2) is 3.90. The van der Waals surface area contributed by atoms with Crippen molar-refractivity contribution < 1.29 is 0 Å². The van der Waals surface area contributed by atoms with Gasteiger partial charge in [-0.1, -0.05) is 13.3 Å². The Morgan fingerprint density at radius 3 is 2.20 bits per heavy atom. The van der Waals surface area contributed by atoms with E-state index in [4.69, 9.17) is 10.5 Å². The van der Waals surface area contributed by atoms with Gasteiger partial charge < -0.3 is 0 Å². The molecule has 1 radical (unpaired) electrons. The van der Waals surface area contributed by atoms with Crippen LogP contribution in [0.2, 0.25) is 0 Å². The lowest BCUT2D eigenvalue weighted by Gasteiger charge is -2.09. The Balaban J connectivity index is 3.88. The Kier molecular flexibility index (Phi) is 3.51. The predicted molar refractivity (Wildman–Crippen MR) is 38.5 cm³/mol. The predicted octanol–water partition coefficient (Wildman–Crippen LogP) is 2.04. The lowest BCUT2D eigenvalue weighted by molar-refractivity contribution is 0.564. The average molecular weight is 135 g/mol. The van der Waals surface area contributed by atoms with Gasteiger partial charge in [0.2, 0.25) is 0 Å². The van der Waals surface area contributed by atoms with Gasteiger partial charge in [0.1, 0.15) is 5.41 Å². The van der Waals surface area contributed by atoms with Crippen LogP contribution in [0, 0.1) is 34.5 Å². The van der Waals surface area contributed by atoms with E-state index in [0.29, 0.717) is 6.42 Å². The van der Waals surface area contributed by atoms with Gasteiger partial charge in [-0.25, -0.2) is 0 Å². The van der Waals surface area contributed by atoms with Gasteiger partial charge in [0.25, 0.3) is 0 Å². The molecule has 2 heteroatoms. The molecule has 0 spiro atoms. The van der Waals surface area contributed by atoms with Crippen molar-refractivity contribution in [3.8, 4) is 12.1 Å². The van der Waals surface area contributed by atoms with Crippen molar-refractivity contribution >= 4 is 0 Å². The van der Waals surface area contributed by atoms with Crippen LogP contribution in [-0.4, -0.2) is 0 Å². The van der Waals surface area contributed by atoms with Crippen molar-refractivity contribution in [3.63, 3.8) is 0 Å². The van der Waals surface area contributed by atoms with Gasteiger partial charge >= 0.3 is 0 Å². The second-order valence-electron chi connectivity index (χ2n) is 2.46. The molecule has 0 aromatic rings. The van der Waals surface area contributed by atoms with E-state index in [9.17, 15) is 0 Å².